The first-order valence-electron chi connectivity index (χ1n) is 9.99. The molecule has 0 radical (unpaired) electrons. The molecule has 0 amide bonds. The molecule has 0 N–H and O–H groups in total. The maximum absolute atomic E-state index is 6.16. The summed E-state index contributed by atoms with van der Waals surface area (Å²) in [6.07, 6.45) is 8.90. The second-order valence-electron chi connectivity index (χ2n) is 7.41. The van der Waals surface area contributed by atoms with Gasteiger partial charge in [-0.3, -0.25) is 0 Å². The third kappa shape index (κ3) is 10.1. The average Bonchev–Trinajstić information content (AvgIpc) is 2.49. The van der Waals surface area contributed by atoms with Crippen LogP contribution in [0.4, 0.5) is 0 Å². The number of hydrogen-bond donors (Lipinski definition) is 0. The third-order valence-electron chi connectivity index (χ3n) is 3.80. The first kappa shape index (κ1) is 24.1. The van der Waals surface area contributed by atoms with Gasteiger partial charge >= 0.3 is 8.80 Å². The van der Waals surface area contributed by atoms with Gasteiger partial charge in [0.1, 0.15) is 0 Å². The van der Waals surface area contributed by atoms with E-state index in [1.807, 2.05) is 20.8 Å². The lowest BCUT2D eigenvalue weighted by Gasteiger charge is -2.32. The molecule has 0 fully saturated rings. The first-order valence-corrected chi connectivity index (χ1v) is 15.3. The van der Waals surface area contributed by atoms with Crippen molar-refractivity contribution in [3.05, 3.63) is 10.9 Å². The van der Waals surface area contributed by atoms with Crippen LogP contribution in [-0.2, 0) is 13.3 Å². The Hall–Kier alpha value is 0.0538. The molecule has 0 aliphatic heterocycles. The van der Waals surface area contributed by atoms with Gasteiger partial charge in [0.05, 0.1) is 8.07 Å². The Morgan fingerprint density at radius 1 is 0.708 bits per heavy atom. The van der Waals surface area contributed by atoms with Crippen molar-refractivity contribution in [1.82, 2.24) is 0 Å². The van der Waals surface area contributed by atoms with Gasteiger partial charge in [-0.2, -0.15) is 0 Å². The molecule has 24 heavy (non-hydrogen) atoms. The predicted molar refractivity (Wildman–Crippen MR) is 110 cm³/mol. The highest BCUT2D eigenvalue weighted by Crippen LogP contribution is 2.27. The quantitative estimate of drug-likeness (QED) is 0.255. The summed E-state index contributed by atoms with van der Waals surface area (Å²) in [6.45, 7) is 17.4. The van der Waals surface area contributed by atoms with Gasteiger partial charge < -0.3 is 13.3 Å². The van der Waals surface area contributed by atoms with E-state index in [0.29, 0.717) is 19.8 Å². The van der Waals surface area contributed by atoms with E-state index in [9.17, 15) is 0 Å². The van der Waals surface area contributed by atoms with Crippen LogP contribution in [0.2, 0.25) is 19.6 Å². The van der Waals surface area contributed by atoms with Gasteiger partial charge in [0.2, 0.25) is 0 Å². The standard InChI is InChI=1S/C19H42O3Si2/c1-8-12-13-14-15-16-17-19(18-23(5,6)7)24(20-9-2,21-10-3)22-11-4/h18H,8-17H2,1-7H3/b19-18+. The van der Waals surface area contributed by atoms with Crippen molar-refractivity contribution in [2.75, 3.05) is 19.8 Å². The molecule has 0 bridgehead atoms. The lowest BCUT2D eigenvalue weighted by molar-refractivity contribution is 0.0797. The van der Waals surface area contributed by atoms with Crippen LogP contribution in [0.25, 0.3) is 0 Å². The molecular formula is C19H42O3Si2. The Balaban J connectivity index is 5.14. The molecule has 5 heteroatoms. The van der Waals surface area contributed by atoms with Crippen molar-refractivity contribution in [3.8, 4) is 0 Å². The summed E-state index contributed by atoms with van der Waals surface area (Å²) in [5.41, 5.74) is 2.48. The van der Waals surface area contributed by atoms with E-state index in [2.05, 4.69) is 32.3 Å². The van der Waals surface area contributed by atoms with Gasteiger partial charge in [0.15, 0.2) is 0 Å². The molecule has 0 aromatic rings. The first-order chi connectivity index (χ1) is 11.3. The Bertz CT molecular complexity index is 321. The summed E-state index contributed by atoms with van der Waals surface area (Å²) in [5, 5.41) is 1.34. The second kappa shape index (κ2) is 13.3. The predicted octanol–water partition coefficient (Wildman–Crippen LogP) is 6.13. The van der Waals surface area contributed by atoms with Crippen molar-refractivity contribution in [3.63, 3.8) is 0 Å². The van der Waals surface area contributed by atoms with Gasteiger partial charge in [0.25, 0.3) is 0 Å². The molecule has 144 valence electrons. The highest BCUT2D eigenvalue weighted by atomic mass is 28.4. The van der Waals surface area contributed by atoms with Crippen molar-refractivity contribution >= 4 is 16.9 Å². The largest absolute Gasteiger partial charge is 0.532 e. The van der Waals surface area contributed by atoms with Crippen LogP contribution >= 0.6 is 0 Å². The molecule has 0 atom stereocenters. The van der Waals surface area contributed by atoms with Crippen LogP contribution in [0.15, 0.2) is 10.9 Å². The van der Waals surface area contributed by atoms with Crippen LogP contribution < -0.4 is 0 Å². The van der Waals surface area contributed by atoms with Crippen molar-refractivity contribution in [2.45, 2.75) is 92.3 Å². The van der Waals surface area contributed by atoms with Crippen molar-refractivity contribution < 1.29 is 13.3 Å². The second-order valence-corrected chi connectivity index (χ2v) is 15.0. The van der Waals surface area contributed by atoms with Crippen molar-refractivity contribution in [2.24, 2.45) is 0 Å². The summed E-state index contributed by atoms with van der Waals surface area (Å²) in [6, 6.07) is 0. The number of rotatable bonds is 15. The van der Waals surface area contributed by atoms with E-state index in [0.717, 1.165) is 6.42 Å². The molecule has 0 aliphatic carbocycles. The van der Waals surface area contributed by atoms with Gasteiger partial charge in [0, 0.05) is 19.8 Å². The zero-order chi connectivity index (χ0) is 18.5. The molecule has 0 aromatic carbocycles. The topological polar surface area (TPSA) is 27.7 Å². The van der Waals surface area contributed by atoms with Gasteiger partial charge in [-0.15, -0.1) is 0 Å². The van der Waals surface area contributed by atoms with Crippen LogP contribution in [0, 0.1) is 0 Å². The molecule has 0 saturated heterocycles. The van der Waals surface area contributed by atoms with E-state index < -0.39 is 16.9 Å². The monoisotopic (exact) mass is 374 g/mol. The maximum atomic E-state index is 6.16. The molecule has 0 rings (SSSR count). The lowest BCUT2D eigenvalue weighted by Crippen LogP contribution is -2.49. The summed E-state index contributed by atoms with van der Waals surface area (Å²) in [4.78, 5) is 0. The minimum absolute atomic E-state index is 0.645. The lowest BCUT2D eigenvalue weighted by atomic mass is 10.1. The SMILES string of the molecule is CCCCCCCC/C(=C\[Si](C)(C)C)[Si](OCC)(OCC)OCC. The molecule has 3 nitrogen and oxygen atoms in total. The number of unbranched alkanes of at least 4 members (excludes halogenated alkanes) is 5. The van der Waals surface area contributed by atoms with E-state index in [1.54, 1.807) is 0 Å². The van der Waals surface area contributed by atoms with Crippen molar-refractivity contribution in [1.29, 1.82) is 0 Å². The molecule has 0 unspecified atom stereocenters. The smallest absolute Gasteiger partial charge is 0.371 e. The Kier molecular flexibility index (Phi) is 13.3. The Morgan fingerprint density at radius 3 is 1.58 bits per heavy atom. The molecule has 0 saturated carbocycles. The minimum Gasteiger partial charge on any atom is -0.371 e. The highest BCUT2D eigenvalue weighted by molar-refractivity contribution is 6.83. The zero-order valence-corrected chi connectivity index (χ0v) is 19.4. The Morgan fingerprint density at radius 2 is 1.17 bits per heavy atom. The zero-order valence-electron chi connectivity index (χ0n) is 17.4. The highest BCUT2D eigenvalue weighted by Gasteiger charge is 2.45. The summed E-state index contributed by atoms with van der Waals surface area (Å²) in [7, 11) is -4.08. The Labute approximate surface area is 153 Å². The van der Waals surface area contributed by atoms with Crippen LogP contribution in [-0.4, -0.2) is 36.7 Å². The van der Waals surface area contributed by atoms with Crippen LogP contribution in [0.3, 0.4) is 0 Å². The molecule has 0 heterocycles. The average molecular weight is 375 g/mol. The van der Waals surface area contributed by atoms with Gasteiger partial charge in [-0.05, 0) is 38.8 Å². The molecule has 0 aliphatic rings. The van der Waals surface area contributed by atoms with E-state index in [4.69, 9.17) is 13.3 Å². The molecule has 0 spiro atoms. The van der Waals surface area contributed by atoms with Crippen LogP contribution in [0.5, 0.6) is 0 Å². The summed E-state index contributed by atoms with van der Waals surface area (Å²) in [5.74, 6) is 0. The summed E-state index contributed by atoms with van der Waals surface area (Å²) >= 11 is 0. The molecule has 0 aromatic heterocycles. The van der Waals surface area contributed by atoms with Gasteiger partial charge in [-0.1, -0.05) is 64.4 Å². The van der Waals surface area contributed by atoms with E-state index in [-0.39, 0.29) is 0 Å². The fourth-order valence-corrected chi connectivity index (χ4v) is 8.53. The van der Waals surface area contributed by atoms with E-state index in [1.165, 1.54) is 43.7 Å². The molecular weight excluding hydrogens is 332 g/mol. The fraction of sp³-hybridized carbons (Fsp3) is 0.895. The van der Waals surface area contributed by atoms with Crippen LogP contribution in [0.1, 0.15) is 72.6 Å². The minimum atomic E-state index is -2.71. The van der Waals surface area contributed by atoms with E-state index >= 15 is 0 Å². The number of allylic oxidation sites excluding steroid dienone is 1. The fourth-order valence-electron chi connectivity index (χ4n) is 2.91. The summed E-state index contributed by atoms with van der Waals surface area (Å²) < 4.78 is 18.5. The third-order valence-corrected chi connectivity index (χ3v) is 8.49. The van der Waals surface area contributed by atoms with Gasteiger partial charge in [-0.25, -0.2) is 0 Å². The number of hydrogen-bond acceptors (Lipinski definition) is 3. The maximum Gasteiger partial charge on any atom is 0.532 e. The normalized spacial score (nSPS) is 13.5.